The lowest BCUT2D eigenvalue weighted by Gasteiger charge is -2.08. The third-order valence-corrected chi connectivity index (χ3v) is 4.09. The molecule has 0 fully saturated rings. The van der Waals surface area contributed by atoms with Crippen molar-refractivity contribution in [3.63, 3.8) is 0 Å². The van der Waals surface area contributed by atoms with Crippen LogP contribution in [-0.2, 0) is 6.54 Å². The van der Waals surface area contributed by atoms with E-state index in [1.165, 1.54) is 6.20 Å². The van der Waals surface area contributed by atoms with E-state index in [1.807, 2.05) is 48.5 Å². The summed E-state index contributed by atoms with van der Waals surface area (Å²) in [6.07, 6.45) is 2.50. The smallest absolute Gasteiger partial charge is 0.255 e. The average molecular weight is 365 g/mol. The van der Waals surface area contributed by atoms with Gasteiger partial charge in [-0.1, -0.05) is 31.2 Å². The first-order chi connectivity index (χ1) is 13.2. The van der Waals surface area contributed by atoms with Crippen LogP contribution in [0.5, 0.6) is 11.5 Å². The number of rotatable bonds is 8. The van der Waals surface area contributed by atoms with Crippen LogP contribution in [0.1, 0.15) is 29.3 Å². The molecule has 0 radical (unpaired) electrons. The molecular formula is C21H23N3O3. The van der Waals surface area contributed by atoms with Crippen LogP contribution in [0.25, 0.3) is 11.3 Å². The summed E-state index contributed by atoms with van der Waals surface area (Å²) >= 11 is 0. The van der Waals surface area contributed by atoms with Crippen molar-refractivity contribution < 1.29 is 14.3 Å². The van der Waals surface area contributed by atoms with Crippen molar-refractivity contribution in [2.75, 3.05) is 13.7 Å². The van der Waals surface area contributed by atoms with Gasteiger partial charge in [0, 0.05) is 12.1 Å². The van der Waals surface area contributed by atoms with Gasteiger partial charge in [0.2, 0.25) is 0 Å². The molecule has 0 atom stereocenters. The van der Waals surface area contributed by atoms with Gasteiger partial charge in [-0.25, -0.2) is 0 Å². The van der Waals surface area contributed by atoms with Crippen molar-refractivity contribution in [2.45, 2.75) is 19.9 Å². The lowest BCUT2D eigenvalue weighted by atomic mass is 10.1. The maximum Gasteiger partial charge on any atom is 0.255 e. The molecule has 0 aliphatic rings. The second-order valence-electron chi connectivity index (χ2n) is 6.07. The molecule has 0 aliphatic carbocycles. The van der Waals surface area contributed by atoms with Crippen LogP contribution in [-0.4, -0.2) is 29.8 Å². The number of carbonyl (C=O) groups is 1. The van der Waals surface area contributed by atoms with Gasteiger partial charge in [0.05, 0.1) is 31.2 Å². The Hall–Kier alpha value is -3.28. The Labute approximate surface area is 158 Å². The van der Waals surface area contributed by atoms with E-state index in [0.717, 1.165) is 29.0 Å². The van der Waals surface area contributed by atoms with Crippen LogP contribution in [0.4, 0.5) is 0 Å². The van der Waals surface area contributed by atoms with Crippen LogP contribution in [0.2, 0.25) is 0 Å². The number of aromatic nitrogens is 2. The highest BCUT2D eigenvalue weighted by atomic mass is 16.5. The summed E-state index contributed by atoms with van der Waals surface area (Å²) in [4.78, 5) is 12.6. The second-order valence-corrected chi connectivity index (χ2v) is 6.07. The Balaban J connectivity index is 1.66. The number of hydrogen-bond acceptors (Lipinski definition) is 4. The minimum absolute atomic E-state index is 0.187. The van der Waals surface area contributed by atoms with E-state index in [0.29, 0.717) is 24.4 Å². The quantitative estimate of drug-likeness (QED) is 0.636. The van der Waals surface area contributed by atoms with E-state index < -0.39 is 0 Å². The van der Waals surface area contributed by atoms with Gasteiger partial charge < -0.3 is 14.8 Å². The predicted molar refractivity (Wildman–Crippen MR) is 104 cm³/mol. The van der Waals surface area contributed by atoms with Gasteiger partial charge in [0.15, 0.2) is 0 Å². The number of nitrogens with one attached hydrogen (secondary N) is 2. The molecule has 0 saturated carbocycles. The Kier molecular flexibility index (Phi) is 6.10. The molecule has 3 rings (SSSR count). The van der Waals surface area contributed by atoms with Gasteiger partial charge in [-0.2, -0.15) is 5.10 Å². The summed E-state index contributed by atoms with van der Waals surface area (Å²) in [6.45, 7) is 3.19. The van der Waals surface area contributed by atoms with Crippen LogP contribution >= 0.6 is 0 Å². The number of aromatic amines is 1. The predicted octanol–water partition coefficient (Wildman–Crippen LogP) is 3.80. The Morgan fingerprint density at radius 1 is 1.15 bits per heavy atom. The molecule has 1 aromatic heterocycles. The fourth-order valence-corrected chi connectivity index (χ4v) is 2.66. The summed E-state index contributed by atoms with van der Waals surface area (Å²) in [5.74, 6) is 1.37. The minimum atomic E-state index is -0.187. The fraction of sp³-hybridized carbons (Fsp3) is 0.238. The van der Waals surface area contributed by atoms with Gasteiger partial charge in [-0.3, -0.25) is 9.89 Å². The summed E-state index contributed by atoms with van der Waals surface area (Å²) in [7, 11) is 1.61. The highest BCUT2D eigenvalue weighted by molar-refractivity contribution is 5.99. The fourth-order valence-electron chi connectivity index (χ4n) is 2.66. The standard InChI is InChI=1S/C21H23N3O3/c1-3-11-27-17-9-7-15(8-10-17)13-22-21(25)19-14-23-24-20(19)16-5-4-6-18(12-16)26-2/h4-10,12,14H,3,11,13H2,1-2H3,(H,22,25)(H,23,24). The van der Waals surface area contributed by atoms with Crippen molar-refractivity contribution in [1.29, 1.82) is 0 Å². The van der Waals surface area contributed by atoms with Gasteiger partial charge in [-0.05, 0) is 36.2 Å². The summed E-state index contributed by atoms with van der Waals surface area (Å²) in [6, 6.07) is 15.2. The van der Waals surface area contributed by atoms with Crippen LogP contribution in [0.3, 0.4) is 0 Å². The molecule has 2 N–H and O–H groups in total. The van der Waals surface area contributed by atoms with E-state index >= 15 is 0 Å². The van der Waals surface area contributed by atoms with Gasteiger partial charge in [-0.15, -0.1) is 0 Å². The number of carbonyl (C=O) groups excluding carboxylic acids is 1. The minimum Gasteiger partial charge on any atom is -0.497 e. The van der Waals surface area contributed by atoms with E-state index in [9.17, 15) is 4.79 Å². The van der Waals surface area contributed by atoms with Crippen molar-refractivity contribution in [3.05, 3.63) is 65.9 Å². The second kappa shape index (κ2) is 8.89. The summed E-state index contributed by atoms with van der Waals surface area (Å²) < 4.78 is 10.8. The average Bonchev–Trinajstić information content (AvgIpc) is 3.21. The molecule has 6 nitrogen and oxygen atoms in total. The molecule has 0 unspecified atom stereocenters. The number of hydrogen-bond donors (Lipinski definition) is 2. The molecular weight excluding hydrogens is 342 g/mol. The van der Waals surface area contributed by atoms with Crippen LogP contribution in [0.15, 0.2) is 54.7 Å². The summed E-state index contributed by atoms with van der Waals surface area (Å²) in [5.41, 5.74) is 2.99. The first-order valence-corrected chi connectivity index (χ1v) is 8.89. The zero-order valence-electron chi connectivity index (χ0n) is 15.5. The number of methoxy groups -OCH3 is 1. The Morgan fingerprint density at radius 2 is 1.96 bits per heavy atom. The highest BCUT2D eigenvalue weighted by Crippen LogP contribution is 2.25. The lowest BCUT2D eigenvalue weighted by Crippen LogP contribution is -2.22. The zero-order valence-corrected chi connectivity index (χ0v) is 15.5. The molecule has 2 aromatic carbocycles. The van der Waals surface area contributed by atoms with E-state index in [4.69, 9.17) is 9.47 Å². The van der Waals surface area contributed by atoms with Crippen molar-refractivity contribution in [2.24, 2.45) is 0 Å². The van der Waals surface area contributed by atoms with Crippen LogP contribution < -0.4 is 14.8 Å². The third kappa shape index (κ3) is 4.67. The van der Waals surface area contributed by atoms with Gasteiger partial charge >= 0.3 is 0 Å². The number of benzene rings is 2. The zero-order chi connectivity index (χ0) is 19.1. The first-order valence-electron chi connectivity index (χ1n) is 8.89. The maximum absolute atomic E-state index is 12.6. The molecule has 27 heavy (non-hydrogen) atoms. The number of ether oxygens (including phenoxy) is 2. The molecule has 1 heterocycles. The lowest BCUT2D eigenvalue weighted by molar-refractivity contribution is 0.0951. The van der Waals surface area contributed by atoms with E-state index in [-0.39, 0.29) is 5.91 Å². The normalized spacial score (nSPS) is 10.4. The maximum atomic E-state index is 12.6. The van der Waals surface area contributed by atoms with E-state index in [2.05, 4.69) is 22.4 Å². The SMILES string of the molecule is CCCOc1ccc(CNC(=O)c2cn[nH]c2-c2cccc(OC)c2)cc1. The molecule has 0 bridgehead atoms. The molecule has 3 aromatic rings. The first kappa shape index (κ1) is 18.5. The summed E-state index contributed by atoms with van der Waals surface area (Å²) in [5, 5.41) is 9.86. The molecule has 0 spiro atoms. The monoisotopic (exact) mass is 365 g/mol. The van der Waals surface area contributed by atoms with Gasteiger partial charge in [0.1, 0.15) is 11.5 Å². The molecule has 1 amide bonds. The topological polar surface area (TPSA) is 76.2 Å². The number of amides is 1. The molecule has 140 valence electrons. The number of H-pyrrole nitrogens is 1. The molecule has 0 saturated heterocycles. The van der Waals surface area contributed by atoms with Gasteiger partial charge in [0.25, 0.3) is 5.91 Å². The highest BCUT2D eigenvalue weighted by Gasteiger charge is 2.15. The van der Waals surface area contributed by atoms with Crippen LogP contribution in [0, 0.1) is 0 Å². The molecule has 6 heteroatoms. The largest absolute Gasteiger partial charge is 0.497 e. The van der Waals surface area contributed by atoms with E-state index in [1.54, 1.807) is 7.11 Å². The third-order valence-electron chi connectivity index (χ3n) is 4.09. The Bertz CT molecular complexity index is 888. The number of nitrogens with zero attached hydrogens (tertiary/aromatic N) is 1. The molecule has 0 aliphatic heterocycles. The van der Waals surface area contributed by atoms with Crippen molar-refractivity contribution in [3.8, 4) is 22.8 Å². The van der Waals surface area contributed by atoms with Crippen molar-refractivity contribution in [1.82, 2.24) is 15.5 Å². The Morgan fingerprint density at radius 3 is 2.70 bits per heavy atom. The van der Waals surface area contributed by atoms with Crippen molar-refractivity contribution >= 4 is 5.91 Å².